The molecule has 1 atom stereocenters. The predicted molar refractivity (Wildman–Crippen MR) is 115 cm³/mol. The van der Waals surface area contributed by atoms with E-state index in [0.29, 0.717) is 22.2 Å². The summed E-state index contributed by atoms with van der Waals surface area (Å²) in [7, 11) is 0. The van der Waals surface area contributed by atoms with Gasteiger partial charge in [0.2, 0.25) is 0 Å². The molecule has 0 saturated heterocycles. The van der Waals surface area contributed by atoms with Crippen LogP contribution in [0.5, 0.6) is 0 Å². The molecule has 1 aromatic heterocycles. The molecule has 30 heavy (non-hydrogen) atoms. The molecule has 1 heterocycles. The van der Waals surface area contributed by atoms with E-state index >= 15 is 0 Å². The van der Waals surface area contributed by atoms with Crippen LogP contribution in [0.3, 0.4) is 0 Å². The summed E-state index contributed by atoms with van der Waals surface area (Å²) in [6.45, 7) is 1.37. The number of para-hydroxylation sites is 1. The van der Waals surface area contributed by atoms with Gasteiger partial charge in [0.25, 0.3) is 5.91 Å². The first-order valence-corrected chi connectivity index (χ1v) is 9.58. The lowest BCUT2D eigenvalue weighted by Gasteiger charge is -2.24. The van der Waals surface area contributed by atoms with Crippen molar-refractivity contribution in [2.24, 2.45) is 0 Å². The lowest BCUT2D eigenvalue weighted by molar-refractivity contribution is -0.133. The van der Waals surface area contributed by atoms with Crippen LogP contribution in [-0.4, -0.2) is 21.2 Å². The number of carbonyl (C=O) groups is 1. The van der Waals surface area contributed by atoms with Crippen LogP contribution in [0, 0.1) is 17.1 Å². The second-order valence-electron chi connectivity index (χ2n) is 7.30. The molecular formula is C23H17ClFN3O2. The van der Waals surface area contributed by atoms with E-state index in [4.69, 9.17) is 16.9 Å². The van der Waals surface area contributed by atoms with E-state index in [1.807, 2.05) is 30.3 Å². The summed E-state index contributed by atoms with van der Waals surface area (Å²) in [4.78, 5) is 12.8. The van der Waals surface area contributed by atoms with Gasteiger partial charge in [0.15, 0.2) is 5.60 Å². The number of rotatable bonds is 4. The van der Waals surface area contributed by atoms with E-state index in [-0.39, 0.29) is 17.4 Å². The molecule has 7 heteroatoms. The smallest absolute Gasteiger partial charge is 0.257 e. The Hall–Kier alpha value is -3.40. The summed E-state index contributed by atoms with van der Waals surface area (Å²) in [5.41, 5.74) is 0.385. The van der Waals surface area contributed by atoms with Crippen molar-refractivity contribution in [2.75, 3.05) is 5.32 Å². The summed E-state index contributed by atoms with van der Waals surface area (Å²) < 4.78 is 15.6. The number of hydrogen-bond acceptors (Lipinski definition) is 3. The minimum atomic E-state index is -1.77. The van der Waals surface area contributed by atoms with E-state index in [1.165, 1.54) is 31.2 Å². The Morgan fingerprint density at radius 2 is 1.90 bits per heavy atom. The van der Waals surface area contributed by atoms with Crippen molar-refractivity contribution in [3.05, 3.63) is 77.1 Å². The van der Waals surface area contributed by atoms with Gasteiger partial charge in [-0.05, 0) is 49.4 Å². The molecule has 0 saturated carbocycles. The summed E-state index contributed by atoms with van der Waals surface area (Å²) in [6, 6.07) is 18.3. The number of carbonyl (C=O) groups excluding carboxylic acids is 1. The van der Waals surface area contributed by atoms with Crippen LogP contribution in [0.15, 0.2) is 60.7 Å². The Morgan fingerprint density at radius 1 is 1.17 bits per heavy atom. The first-order chi connectivity index (χ1) is 14.3. The molecule has 0 radical (unpaired) electrons. The second-order valence-corrected chi connectivity index (χ2v) is 7.71. The van der Waals surface area contributed by atoms with Crippen molar-refractivity contribution >= 4 is 45.0 Å². The number of aliphatic hydroxyl groups is 1. The minimum Gasteiger partial charge on any atom is -0.378 e. The maximum Gasteiger partial charge on any atom is 0.257 e. The van der Waals surface area contributed by atoms with Crippen LogP contribution in [-0.2, 0) is 11.3 Å². The van der Waals surface area contributed by atoms with Crippen LogP contribution in [0.1, 0.15) is 12.5 Å². The van der Waals surface area contributed by atoms with Gasteiger partial charge in [-0.15, -0.1) is 0 Å². The van der Waals surface area contributed by atoms with Gasteiger partial charge in [-0.1, -0.05) is 29.8 Å². The first kappa shape index (κ1) is 19.9. The van der Waals surface area contributed by atoms with E-state index in [2.05, 4.69) is 5.32 Å². The summed E-state index contributed by atoms with van der Waals surface area (Å²) in [5.74, 6) is -0.982. The molecule has 0 aliphatic rings. The van der Waals surface area contributed by atoms with Crippen molar-refractivity contribution in [1.29, 1.82) is 5.26 Å². The first-order valence-electron chi connectivity index (χ1n) is 9.20. The zero-order valence-electron chi connectivity index (χ0n) is 16.0. The zero-order valence-corrected chi connectivity index (χ0v) is 16.7. The summed E-state index contributed by atoms with van der Waals surface area (Å²) in [6.07, 6.45) is 0. The Balaban J connectivity index is 1.69. The van der Waals surface area contributed by atoms with Crippen LogP contribution >= 0.6 is 11.6 Å². The molecule has 5 nitrogen and oxygen atoms in total. The fourth-order valence-electron chi connectivity index (χ4n) is 3.53. The van der Waals surface area contributed by atoms with Gasteiger partial charge in [0.1, 0.15) is 11.9 Å². The highest BCUT2D eigenvalue weighted by Gasteiger charge is 2.32. The SMILES string of the molecule is CC(O)(Cn1c2ccccc2c2cc(F)ccc21)C(=O)Nc1ccc(C#N)c(Cl)c1. The Morgan fingerprint density at radius 3 is 2.63 bits per heavy atom. The molecule has 0 fully saturated rings. The van der Waals surface area contributed by atoms with Crippen molar-refractivity contribution in [3.8, 4) is 6.07 Å². The van der Waals surface area contributed by atoms with Crippen LogP contribution in [0.25, 0.3) is 21.8 Å². The van der Waals surface area contributed by atoms with Crippen molar-refractivity contribution < 1.29 is 14.3 Å². The second kappa shape index (κ2) is 7.45. The number of benzene rings is 3. The zero-order chi connectivity index (χ0) is 21.5. The van der Waals surface area contributed by atoms with Crippen LogP contribution < -0.4 is 5.32 Å². The van der Waals surface area contributed by atoms with Crippen LogP contribution in [0.4, 0.5) is 10.1 Å². The minimum absolute atomic E-state index is 0.0432. The van der Waals surface area contributed by atoms with Gasteiger partial charge in [-0.25, -0.2) is 4.39 Å². The van der Waals surface area contributed by atoms with Crippen molar-refractivity contribution in [2.45, 2.75) is 19.1 Å². The number of anilines is 1. The Bertz CT molecular complexity index is 1340. The van der Waals surface area contributed by atoms with E-state index < -0.39 is 11.5 Å². The Kier molecular flexibility index (Phi) is 4.94. The average molecular weight is 422 g/mol. The molecule has 0 spiro atoms. The number of nitrogens with zero attached hydrogens (tertiary/aromatic N) is 2. The predicted octanol–water partition coefficient (Wildman–Crippen LogP) is 4.85. The molecule has 150 valence electrons. The van der Waals surface area contributed by atoms with Gasteiger partial charge in [-0.2, -0.15) is 5.26 Å². The maximum absolute atomic E-state index is 13.8. The molecule has 2 N–H and O–H groups in total. The molecule has 4 aromatic rings. The third-order valence-electron chi connectivity index (χ3n) is 5.04. The number of aromatic nitrogens is 1. The third kappa shape index (κ3) is 3.50. The standard InChI is InChI=1S/C23H17ClFN3O2/c1-23(30,22(29)27-16-8-6-14(12-26)19(24)11-16)13-28-20-5-3-2-4-17(20)18-10-15(25)7-9-21(18)28/h2-11,30H,13H2,1H3,(H,27,29). The lowest BCUT2D eigenvalue weighted by atomic mass is 10.1. The number of nitrogens with one attached hydrogen (secondary N) is 1. The topological polar surface area (TPSA) is 78.1 Å². The van der Waals surface area contributed by atoms with Crippen LogP contribution in [0.2, 0.25) is 5.02 Å². The normalized spacial score (nSPS) is 13.2. The highest BCUT2D eigenvalue weighted by Crippen LogP contribution is 2.31. The molecule has 0 bridgehead atoms. The van der Waals surface area contributed by atoms with Crippen molar-refractivity contribution in [1.82, 2.24) is 4.57 Å². The molecule has 1 unspecified atom stereocenters. The van der Waals surface area contributed by atoms with Crippen molar-refractivity contribution in [3.63, 3.8) is 0 Å². The van der Waals surface area contributed by atoms with E-state index in [0.717, 1.165) is 10.9 Å². The quantitative estimate of drug-likeness (QED) is 0.494. The van der Waals surface area contributed by atoms with E-state index in [1.54, 1.807) is 16.7 Å². The molecule has 0 aliphatic carbocycles. The molecular weight excluding hydrogens is 405 g/mol. The fraction of sp³-hybridized carbons (Fsp3) is 0.130. The molecule has 3 aromatic carbocycles. The summed E-state index contributed by atoms with van der Waals surface area (Å²) in [5, 5.41) is 24.3. The number of nitriles is 1. The highest BCUT2D eigenvalue weighted by molar-refractivity contribution is 6.32. The number of halogens is 2. The maximum atomic E-state index is 13.8. The number of fused-ring (bicyclic) bond motifs is 3. The Labute approximate surface area is 176 Å². The van der Waals surface area contributed by atoms with Gasteiger partial charge in [-0.3, -0.25) is 4.79 Å². The van der Waals surface area contributed by atoms with Gasteiger partial charge in [0.05, 0.1) is 17.1 Å². The number of amides is 1. The molecule has 1 amide bonds. The molecule has 0 aliphatic heterocycles. The van der Waals surface area contributed by atoms with Gasteiger partial charge < -0.3 is 15.0 Å². The average Bonchev–Trinajstić information content (AvgIpc) is 3.01. The largest absolute Gasteiger partial charge is 0.378 e. The van der Waals surface area contributed by atoms with Gasteiger partial charge >= 0.3 is 0 Å². The fourth-order valence-corrected chi connectivity index (χ4v) is 3.75. The number of hydrogen-bond donors (Lipinski definition) is 2. The highest BCUT2D eigenvalue weighted by atomic mass is 35.5. The van der Waals surface area contributed by atoms with Gasteiger partial charge in [0, 0.05) is 27.5 Å². The third-order valence-corrected chi connectivity index (χ3v) is 5.35. The lowest BCUT2D eigenvalue weighted by Crippen LogP contribution is -2.43. The monoisotopic (exact) mass is 421 g/mol. The van der Waals surface area contributed by atoms with E-state index in [9.17, 15) is 14.3 Å². The molecule has 4 rings (SSSR count). The summed E-state index contributed by atoms with van der Waals surface area (Å²) >= 11 is 6.01.